The Kier molecular flexibility index (Phi) is 3.07. The molecule has 1 unspecified atom stereocenters. The SMILES string of the molecule is CNC1COc2ccc(Br)cc2C(=O)C1. The van der Waals surface area contributed by atoms with Crippen molar-refractivity contribution in [2.24, 2.45) is 0 Å². The zero-order valence-electron chi connectivity index (χ0n) is 8.42. The summed E-state index contributed by atoms with van der Waals surface area (Å²) in [7, 11) is 1.84. The van der Waals surface area contributed by atoms with Crippen molar-refractivity contribution in [3.63, 3.8) is 0 Å². The minimum atomic E-state index is 0.101. The maximum absolute atomic E-state index is 11.9. The van der Waals surface area contributed by atoms with Crippen molar-refractivity contribution in [2.75, 3.05) is 13.7 Å². The topological polar surface area (TPSA) is 38.3 Å². The number of carbonyl (C=O) groups is 1. The lowest BCUT2D eigenvalue weighted by atomic mass is 10.0. The fraction of sp³-hybridized carbons (Fsp3) is 0.364. The third kappa shape index (κ3) is 2.21. The predicted molar refractivity (Wildman–Crippen MR) is 61.4 cm³/mol. The van der Waals surface area contributed by atoms with Gasteiger partial charge in [-0.25, -0.2) is 0 Å². The number of likely N-dealkylation sites (N-methyl/N-ethyl adjacent to an activating group) is 1. The van der Waals surface area contributed by atoms with E-state index in [1.807, 2.05) is 25.2 Å². The predicted octanol–water partition coefficient (Wildman–Crippen LogP) is 2.00. The summed E-state index contributed by atoms with van der Waals surface area (Å²) in [5, 5.41) is 3.07. The van der Waals surface area contributed by atoms with E-state index >= 15 is 0 Å². The van der Waals surface area contributed by atoms with Gasteiger partial charge in [0.25, 0.3) is 0 Å². The molecular formula is C11H12BrNO2. The first-order valence-corrected chi connectivity index (χ1v) is 5.63. The molecule has 1 aromatic carbocycles. The fourth-order valence-corrected chi connectivity index (χ4v) is 1.98. The Balaban J connectivity index is 2.35. The van der Waals surface area contributed by atoms with Gasteiger partial charge in [0.1, 0.15) is 12.4 Å². The van der Waals surface area contributed by atoms with E-state index in [0.29, 0.717) is 24.3 Å². The largest absolute Gasteiger partial charge is 0.491 e. The Bertz CT molecular complexity index is 392. The molecule has 1 aliphatic heterocycles. The number of hydrogen-bond donors (Lipinski definition) is 1. The van der Waals surface area contributed by atoms with Crippen LogP contribution in [0.5, 0.6) is 5.75 Å². The zero-order chi connectivity index (χ0) is 10.8. The monoisotopic (exact) mass is 269 g/mol. The third-order valence-electron chi connectivity index (χ3n) is 2.52. The summed E-state index contributed by atoms with van der Waals surface area (Å²) < 4.78 is 6.48. The van der Waals surface area contributed by atoms with E-state index in [9.17, 15) is 4.79 Å². The molecule has 0 spiro atoms. The molecule has 15 heavy (non-hydrogen) atoms. The second kappa shape index (κ2) is 4.33. The highest BCUT2D eigenvalue weighted by atomic mass is 79.9. The maximum atomic E-state index is 11.9. The Morgan fingerprint density at radius 3 is 3.07 bits per heavy atom. The molecule has 0 saturated carbocycles. The summed E-state index contributed by atoms with van der Waals surface area (Å²) in [4.78, 5) is 11.9. The highest BCUT2D eigenvalue weighted by Crippen LogP contribution is 2.27. The maximum Gasteiger partial charge on any atom is 0.168 e. The summed E-state index contributed by atoms with van der Waals surface area (Å²) in [5.74, 6) is 0.809. The summed E-state index contributed by atoms with van der Waals surface area (Å²) in [6, 6.07) is 5.63. The molecule has 1 aliphatic rings. The molecule has 2 rings (SSSR count). The zero-order valence-corrected chi connectivity index (χ0v) is 10.0. The van der Waals surface area contributed by atoms with Gasteiger partial charge >= 0.3 is 0 Å². The molecule has 3 nitrogen and oxygen atoms in total. The van der Waals surface area contributed by atoms with E-state index in [-0.39, 0.29) is 11.8 Å². The lowest BCUT2D eigenvalue weighted by Gasteiger charge is -2.11. The van der Waals surface area contributed by atoms with Crippen molar-refractivity contribution in [3.8, 4) is 5.75 Å². The second-order valence-corrected chi connectivity index (χ2v) is 4.48. The van der Waals surface area contributed by atoms with Gasteiger partial charge in [0, 0.05) is 16.9 Å². The number of fused-ring (bicyclic) bond motifs is 1. The second-order valence-electron chi connectivity index (χ2n) is 3.56. The molecule has 1 atom stereocenters. The Labute approximate surface area is 96.9 Å². The van der Waals surface area contributed by atoms with Crippen LogP contribution in [-0.2, 0) is 0 Å². The van der Waals surface area contributed by atoms with E-state index in [1.165, 1.54) is 0 Å². The molecule has 1 aromatic rings. The Hall–Kier alpha value is -0.870. The minimum Gasteiger partial charge on any atom is -0.491 e. The van der Waals surface area contributed by atoms with Crippen molar-refractivity contribution in [1.29, 1.82) is 0 Å². The lowest BCUT2D eigenvalue weighted by Crippen LogP contribution is -2.32. The third-order valence-corrected chi connectivity index (χ3v) is 3.02. The number of halogens is 1. The van der Waals surface area contributed by atoms with Crippen LogP contribution in [-0.4, -0.2) is 25.5 Å². The van der Waals surface area contributed by atoms with Gasteiger partial charge in [0.15, 0.2) is 5.78 Å². The molecule has 80 valence electrons. The van der Waals surface area contributed by atoms with Crippen molar-refractivity contribution in [3.05, 3.63) is 28.2 Å². The first-order valence-electron chi connectivity index (χ1n) is 4.83. The first-order chi connectivity index (χ1) is 7.20. The van der Waals surface area contributed by atoms with Gasteiger partial charge < -0.3 is 10.1 Å². The molecule has 4 heteroatoms. The molecule has 0 bridgehead atoms. The van der Waals surface area contributed by atoms with Gasteiger partial charge in [-0.15, -0.1) is 0 Å². The van der Waals surface area contributed by atoms with Gasteiger partial charge in [-0.1, -0.05) is 15.9 Å². The van der Waals surface area contributed by atoms with E-state index < -0.39 is 0 Å². The molecule has 0 aliphatic carbocycles. The first kappa shape index (κ1) is 10.6. The molecule has 1 heterocycles. The molecule has 0 saturated heterocycles. The minimum absolute atomic E-state index is 0.101. The standard InChI is InChI=1S/C11H12BrNO2/c1-13-8-5-10(14)9-4-7(12)2-3-11(9)15-6-8/h2-4,8,13H,5-6H2,1H3. The van der Waals surface area contributed by atoms with Crippen LogP contribution < -0.4 is 10.1 Å². The van der Waals surface area contributed by atoms with E-state index in [4.69, 9.17) is 4.74 Å². The molecule has 0 radical (unpaired) electrons. The number of nitrogens with one attached hydrogen (secondary N) is 1. The van der Waals surface area contributed by atoms with Gasteiger partial charge in [-0.3, -0.25) is 4.79 Å². The molecule has 0 amide bonds. The average Bonchev–Trinajstić information content (AvgIpc) is 2.39. The number of rotatable bonds is 1. The summed E-state index contributed by atoms with van der Waals surface area (Å²) >= 11 is 3.35. The van der Waals surface area contributed by atoms with E-state index in [1.54, 1.807) is 0 Å². The van der Waals surface area contributed by atoms with Crippen LogP contribution >= 0.6 is 15.9 Å². The van der Waals surface area contributed by atoms with Crippen LogP contribution in [0.15, 0.2) is 22.7 Å². The van der Waals surface area contributed by atoms with Crippen LogP contribution in [0.4, 0.5) is 0 Å². The van der Waals surface area contributed by atoms with E-state index in [2.05, 4.69) is 21.2 Å². The van der Waals surface area contributed by atoms with Crippen LogP contribution in [0.1, 0.15) is 16.8 Å². The van der Waals surface area contributed by atoms with Crippen LogP contribution in [0.25, 0.3) is 0 Å². The number of Topliss-reactive ketones (excluding diaryl/α,β-unsaturated/α-hetero) is 1. The Morgan fingerprint density at radius 2 is 2.33 bits per heavy atom. The molecule has 0 aromatic heterocycles. The highest BCUT2D eigenvalue weighted by Gasteiger charge is 2.22. The Morgan fingerprint density at radius 1 is 1.53 bits per heavy atom. The van der Waals surface area contributed by atoms with Crippen LogP contribution in [0, 0.1) is 0 Å². The summed E-state index contributed by atoms with van der Waals surface area (Å²) in [5.41, 5.74) is 0.669. The van der Waals surface area contributed by atoms with Crippen LogP contribution in [0.3, 0.4) is 0 Å². The number of benzene rings is 1. The fourth-order valence-electron chi connectivity index (χ4n) is 1.61. The summed E-state index contributed by atoms with van der Waals surface area (Å²) in [6.45, 7) is 0.539. The number of hydrogen-bond acceptors (Lipinski definition) is 3. The normalized spacial score (nSPS) is 20.4. The number of carbonyl (C=O) groups excluding carboxylic acids is 1. The number of ketones is 1. The van der Waals surface area contributed by atoms with Gasteiger partial charge in [0.05, 0.1) is 5.56 Å². The van der Waals surface area contributed by atoms with E-state index in [0.717, 1.165) is 4.47 Å². The molecular weight excluding hydrogens is 258 g/mol. The quantitative estimate of drug-likeness (QED) is 0.848. The average molecular weight is 270 g/mol. The van der Waals surface area contributed by atoms with Crippen molar-refractivity contribution >= 4 is 21.7 Å². The van der Waals surface area contributed by atoms with Gasteiger partial charge in [0.2, 0.25) is 0 Å². The van der Waals surface area contributed by atoms with Crippen molar-refractivity contribution in [2.45, 2.75) is 12.5 Å². The van der Waals surface area contributed by atoms with Crippen molar-refractivity contribution in [1.82, 2.24) is 5.32 Å². The molecule has 0 fully saturated rings. The van der Waals surface area contributed by atoms with Crippen molar-refractivity contribution < 1.29 is 9.53 Å². The summed E-state index contributed by atoms with van der Waals surface area (Å²) in [6.07, 6.45) is 0.486. The lowest BCUT2D eigenvalue weighted by molar-refractivity contribution is 0.0972. The number of ether oxygens (including phenoxy) is 1. The van der Waals surface area contributed by atoms with Gasteiger partial charge in [-0.2, -0.15) is 0 Å². The highest BCUT2D eigenvalue weighted by molar-refractivity contribution is 9.10. The smallest absolute Gasteiger partial charge is 0.168 e. The van der Waals surface area contributed by atoms with Crippen LogP contribution in [0.2, 0.25) is 0 Å². The molecule has 1 N–H and O–H groups in total. The van der Waals surface area contributed by atoms with Gasteiger partial charge in [-0.05, 0) is 25.2 Å².